The van der Waals surface area contributed by atoms with Gasteiger partial charge in [0.05, 0.1) is 25.5 Å². The van der Waals surface area contributed by atoms with Crippen LogP contribution in [0.25, 0.3) is 0 Å². The van der Waals surface area contributed by atoms with Gasteiger partial charge in [0, 0.05) is 24.2 Å². The van der Waals surface area contributed by atoms with Crippen molar-refractivity contribution in [2.24, 2.45) is 11.7 Å². The Morgan fingerprint density at radius 2 is 1.69 bits per heavy atom. The zero-order chi connectivity index (χ0) is 20.1. The largest absolute Gasteiger partial charge is 0.493 e. The first kappa shape index (κ1) is 22.5. The first-order chi connectivity index (χ1) is 13.5. The van der Waals surface area contributed by atoms with Crippen molar-refractivity contribution in [3.05, 3.63) is 53.6 Å². The Labute approximate surface area is 176 Å². The van der Waals surface area contributed by atoms with E-state index in [1.54, 1.807) is 36.4 Å². The Morgan fingerprint density at radius 1 is 1.07 bits per heavy atom. The van der Waals surface area contributed by atoms with Gasteiger partial charge in [0.2, 0.25) is 0 Å². The van der Waals surface area contributed by atoms with Crippen LogP contribution in [-0.4, -0.2) is 38.6 Å². The first-order valence-electron chi connectivity index (χ1n) is 9.19. The molecular formula is C21H26ClN3O4. The smallest absolute Gasteiger partial charge is 0.255 e. The molecule has 2 amide bonds. The summed E-state index contributed by atoms with van der Waals surface area (Å²) in [6.45, 7) is 0.379. The third-order valence-corrected chi connectivity index (χ3v) is 4.78. The average Bonchev–Trinajstić information content (AvgIpc) is 3.57. The van der Waals surface area contributed by atoms with Crippen molar-refractivity contribution in [2.45, 2.75) is 18.9 Å². The van der Waals surface area contributed by atoms with E-state index in [9.17, 15) is 9.59 Å². The van der Waals surface area contributed by atoms with Gasteiger partial charge < -0.3 is 25.8 Å². The fourth-order valence-corrected chi connectivity index (χ4v) is 2.95. The van der Waals surface area contributed by atoms with Crippen molar-refractivity contribution in [1.29, 1.82) is 0 Å². The lowest BCUT2D eigenvalue weighted by Crippen LogP contribution is -2.38. The second-order valence-electron chi connectivity index (χ2n) is 6.78. The number of anilines is 1. The molecule has 1 aliphatic carbocycles. The number of hydrogen-bond acceptors (Lipinski definition) is 5. The van der Waals surface area contributed by atoms with Crippen LogP contribution in [-0.2, 0) is 0 Å². The minimum Gasteiger partial charge on any atom is -0.493 e. The van der Waals surface area contributed by atoms with Gasteiger partial charge >= 0.3 is 0 Å². The molecule has 4 N–H and O–H groups in total. The minimum absolute atomic E-state index is 0. The molecule has 0 saturated heterocycles. The number of halogens is 1. The summed E-state index contributed by atoms with van der Waals surface area (Å²) in [7, 11) is 2.99. The van der Waals surface area contributed by atoms with Crippen molar-refractivity contribution in [3.63, 3.8) is 0 Å². The molecule has 0 heterocycles. The van der Waals surface area contributed by atoms with Gasteiger partial charge in [-0.15, -0.1) is 12.4 Å². The standard InChI is InChI=1S/C21H25N3O4.ClH/c1-27-18-10-15(21(26)23-12-16(22)13-8-9-13)17(11-19(18)28-2)24-20(25)14-6-4-3-5-7-14;/h3-7,10-11,13,16H,8-9,12,22H2,1-2H3,(H,23,26)(H,24,25);1H. The third kappa shape index (κ3) is 5.62. The van der Waals surface area contributed by atoms with Gasteiger partial charge in [-0.1, -0.05) is 18.2 Å². The van der Waals surface area contributed by atoms with E-state index in [1.807, 2.05) is 6.07 Å². The molecule has 0 bridgehead atoms. The van der Waals surface area contributed by atoms with Crippen LogP contribution < -0.4 is 25.8 Å². The molecule has 0 aliphatic heterocycles. The molecular weight excluding hydrogens is 394 g/mol. The molecule has 8 heteroatoms. The van der Waals surface area contributed by atoms with Gasteiger partial charge in [0.25, 0.3) is 11.8 Å². The highest BCUT2D eigenvalue weighted by molar-refractivity contribution is 6.09. The summed E-state index contributed by atoms with van der Waals surface area (Å²) in [5, 5.41) is 5.64. The molecule has 1 fully saturated rings. The Hall–Kier alpha value is -2.77. The number of hydrogen-bond donors (Lipinski definition) is 3. The zero-order valence-corrected chi connectivity index (χ0v) is 17.3. The molecule has 2 aromatic carbocycles. The SMILES string of the molecule is COc1cc(NC(=O)c2ccccc2)c(C(=O)NCC(N)C2CC2)cc1OC.Cl. The van der Waals surface area contributed by atoms with Crippen LogP contribution in [0.5, 0.6) is 11.5 Å². The highest BCUT2D eigenvalue weighted by Crippen LogP contribution is 2.34. The fraction of sp³-hybridized carbons (Fsp3) is 0.333. The number of rotatable bonds is 8. The third-order valence-electron chi connectivity index (χ3n) is 4.78. The number of benzene rings is 2. The average molecular weight is 420 g/mol. The maximum atomic E-state index is 12.8. The summed E-state index contributed by atoms with van der Waals surface area (Å²) in [5.74, 6) is 0.633. The summed E-state index contributed by atoms with van der Waals surface area (Å²) in [6, 6.07) is 11.8. The van der Waals surface area contributed by atoms with Gasteiger partial charge in [-0.25, -0.2) is 0 Å². The van der Waals surface area contributed by atoms with Crippen molar-refractivity contribution in [1.82, 2.24) is 5.32 Å². The van der Waals surface area contributed by atoms with Crippen LogP contribution in [0.2, 0.25) is 0 Å². The maximum absolute atomic E-state index is 12.8. The predicted octanol–water partition coefficient (Wildman–Crippen LogP) is 2.85. The topological polar surface area (TPSA) is 103 Å². The van der Waals surface area contributed by atoms with E-state index in [-0.39, 0.29) is 35.8 Å². The predicted molar refractivity (Wildman–Crippen MR) is 114 cm³/mol. The lowest BCUT2D eigenvalue weighted by molar-refractivity contribution is 0.0950. The Morgan fingerprint density at radius 3 is 2.28 bits per heavy atom. The summed E-state index contributed by atoms with van der Waals surface area (Å²) in [5.41, 5.74) is 7.18. The Balaban J connectivity index is 0.00000300. The Bertz CT molecular complexity index is 857. The molecule has 1 aliphatic rings. The molecule has 7 nitrogen and oxygen atoms in total. The van der Waals surface area contributed by atoms with E-state index in [0.29, 0.717) is 35.2 Å². The molecule has 29 heavy (non-hydrogen) atoms. The number of carbonyl (C=O) groups excluding carboxylic acids is 2. The van der Waals surface area contributed by atoms with Crippen molar-refractivity contribution < 1.29 is 19.1 Å². The zero-order valence-electron chi connectivity index (χ0n) is 16.4. The summed E-state index contributed by atoms with van der Waals surface area (Å²) in [6.07, 6.45) is 2.21. The number of ether oxygens (including phenoxy) is 2. The van der Waals surface area contributed by atoms with E-state index < -0.39 is 0 Å². The lowest BCUT2D eigenvalue weighted by Gasteiger charge is -2.17. The number of methoxy groups -OCH3 is 2. The number of nitrogens with two attached hydrogens (primary N) is 1. The van der Waals surface area contributed by atoms with Gasteiger partial charge in [-0.2, -0.15) is 0 Å². The Kier molecular flexibility index (Phi) is 7.87. The monoisotopic (exact) mass is 419 g/mol. The van der Waals surface area contributed by atoms with Crippen LogP contribution in [0.4, 0.5) is 5.69 Å². The molecule has 3 rings (SSSR count). The lowest BCUT2D eigenvalue weighted by atomic mass is 10.1. The summed E-state index contributed by atoms with van der Waals surface area (Å²) in [4.78, 5) is 25.4. The van der Waals surface area contributed by atoms with Gasteiger partial charge in [-0.05, 0) is 37.0 Å². The fourth-order valence-electron chi connectivity index (χ4n) is 2.95. The maximum Gasteiger partial charge on any atom is 0.255 e. The molecule has 0 radical (unpaired) electrons. The quantitative estimate of drug-likeness (QED) is 0.610. The van der Waals surface area contributed by atoms with Gasteiger partial charge in [0.1, 0.15) is 0 Å². The van der Waals surface area contributed by atoms with Crippen LogP contribution in [0.3, 0.4) is 0 Å². The molecule has 1 unspecified atom stereocenters. The van der Waals surface area contributed by atoms with Gasteiger partial charge in [-0.3, -0.25) is 9.59 Å². The molecule has 2 aromatic rings. The van der Waals surface area contributed by atoms with Crippen molar-refractivity contribution >= 4 is 29.9 Å². The number of amides is 2. The second-order valence-corrected chi connectivity index (χ2v) is 6.78. The highest BCUT2D eigenvalue weighted by atomic mass is 35.5. The van der Waals surface area contributed by atoms with E-state index in [1.165, 1.54) is 14.2 Å². The van der Waals surface area contributed by atoms with E-state index >= 15 is 0 Å². The molecule has 1 saturated carbocycles. The highest BCUT2D eigenvalue weighted by Gasteiger charge is 2.29. The summed E-state index contributed by atoms with van der Waals surface area (Å²) >= 11 is 0. The van der Waals surface area contributed by atoms with E-state index in [0.717, 1.165) is 12.8 Å². The molecule has 1 atom stereocenters. The van der Waals surface area contributed by atoms with Gasteiger partial charge in [0.15, 0.2) is 11.5 Å². The van der Waals surface area contributed by atoms with Crippen LogP contribution >= 0.6 is 12.4 Å². The van der Waals surface area contributed by atoms with E-state index in [2.05, 4.69) is 10.6 Å². The number of carbonyl (C=O) groups is 2. The van der Waals surface area contributed by atoms with Crippen LogP contribution in [0.15, 0.2) is 42.5 Å². The van der Waals surface area contributed by atoms with Crippen LogP contribution in [0, 0.1) is 5.92 Å². The first-order valence-corrected chi connectivity index (χ1v) is 9.19. The molecule has 0 spiro atoms. The normalized spacial score (nSPS) is 13.6. The van der Waals surface area contributed by atoms with Crippen LogP contribution in [0.1, 0.15) is 33.6 Å². The van der Waals surface area contributed by atoms with Crippen molar-refractivity contribution in [3.8, 4) is 11.5 Å². The second kappa shape index (κ2) is 10.1. The molecule has 0 aromatic heterocycles. The molecule has 156 valence electrons. The summed E-state index contributed by atoms with van der Waals surface area (Å²) < 4.78 is 10.6. The van der Waals surface area contributed by atoms with E-state index in [4.69, 9.17) is 15.2 Å². The minimum atomic E-state index is -0.333. The van der Waals surface area contributed by atoms with Crippen molar-refractivity contribution in [2.75, 3.05) is 26.1 Å². The number of nitrogens with one attached hydrogen (secondary N) is 2.